The Morgan fingerprint density at radius 2 is 2.55 bits per heavy atom. The summed E-state index contributed by atoms with van der Waals surface area (Å²) in [7, 11) is 0. The van der Waals surface area contributed by atoms with Crippen molar-refractivity contribution >= 4 is 11.8 Å². The van der Waals surface area contributed by atoms with Crippen molar-refractivity contribution in [2.24, 2.45) is 5.73 Å². The monoisotopic (exact) mass is 171 g/mol. The van der Waals surface area contributed by atoms with Crippen LogP contribution in [0.25, 0.3) is 0 Å². The number of H-pyrrole nitrogens is 1. The van der Waals surface area contributed by atoms with Crippen molar-refractivity contribution in [1.82, 2.24) is 9.97 Å². The van der Waals surface area contributed by atoms with Gasteiger partial charge in [0, 0.05) is 18.4 Å². The van der Waals surface area contributed by atoms with Crippen molar-refractivity contribution in [3.8, 4) is 0 Å². The lowest BCUT2D eigenvalue weighted by Crippen LogP contribution is -1.96. The Morgan fingerprint density at radius 1 is 1.73 bits per heavy atom. The van der Waals surface area contributed by atoms with Gasteiger partial charge in [-0.2, -0.15) is 11.8 Å². The molecule has 0 bridgehead atoms. The fourth-order valence-electron chi connectivity index (χ4n) is 0.782. The highest BCUT2D eigenvalue weighted by atomic mass is 32.2. The van der Waals surface area contributed by atoms with Gasteiger partial charge in [-0.3, -0.25) is 0 Å². The molecule has 0 aliphatic heterocycles. The standard InChI is InChI=1S/C7H13N3S/c1-2-11-5-7-9-4-6(3-8)10-7/h4H,2-3,5,8H2,1H3,(H,9,10). The lowest BCUT2D eigenvalue weighted by atomic mass is 10.5. The van der Waals surface area contributed by atoms with Gasteiger partial charge in [-0.05, 0) is 5.75 Å². The number of thioether (sulfide) groups is 1. The molecule has 0 radical (unpaired) electrons. The number of hydrogen-bond acceptors (Lipinski definition) is 3. The van der Waals surface area contributed by atoms with Crippen molar-refractivity contribution < 1.29 is 0 Å². The topological polar surface area (TPSA) is 54.7 Å². The first-order valence-electron chi connectivity index (χ1n) is 3.67. The third-order valence-corrected chi connectivity index (χ3v) is 2.23. The van der Waals surface area contributed by atoms with Crippen LogP contribution in [-0.4, -0.2) is 15.7 Å². The van der Waals surface area contributed by atoms with Crippen molar-refractivity contribution in [2.45, 2.75) is 19.2 Å². The summed E-state index contributed by atoms with van der Waals surface area (Å²) in [5, 5.41) is 0. The van der Waals surface area contributed by atoms with Crippen LogP contribution in [0.3, 0.4) is 0 Å². The van der Waals surface area contributed by atoms with Gasteiger partial charge in [0.2, 0.25) is 0 Å². The summed E-state index contributed by atoms with van der Waals surface area (Å²) < 4.78 is 0. The molecule has 3 N–H and O–H groups in total. The number of imidazole rings is 1. The summed E-state index contributed by atoms with van der Waals surface area (Å²) in [5.74, 6) is 3.10. The zero-order chi connectivity index (χ0) is 8.10. The normalized spacial score (nSPS) is 10.4. The Kier molecular flexibility index (Phi) is 3.45. The molecule has 0 amide bonds. The second-order valence-electron chi connectivity index (χ2n) is 2.20. The summed E-state index contributed by atoms with van der Waals surface area (Å²) in [6, 6.07) is 0. The predicted octanol–water partition coefficient (Wildman–Crippen LogP) is 1.12. The minimum Gasteiger partial charge on any atom is -0.344 e. The largest absolute Gasteiger partial charge is 0.344 e. The molecule has 0 unspecified atom stereocenters. The van der Waals surface area contributed by atoms with Gasteiger partial charge in [-0.25, -0.2) is 4.98 Å². The first-order chi connectivity index (χ1) is 5.36. The van der Waals surface area contributed by atoms with E-state index in [2.05, 4.69) is 16.9 Å². The fraction of sp³-hybridized carbons (Fsp3) is 0.571. The van der Waals surface area contributed by atoms with E-state index in [4.69, 9.17) is 5.73 Å². The quantitative estimate of drug-likeness (QED) is 0.713. The van der Waals surface area contributed by atoms with Crippen molar-refractivity contribution in [3.05, 3.63) is 17.7 Å². The van der Waals surface area contributed by atoms with Crippen molar-refractivity contribution in [3.63, 3.8) is 0 Å². The summed E-state index contributed by atoms with van der Waals surface area (Å²) in [4.78, 5) is 7.31. The smallest absolute Gasteiger partial charge is 0.116 e. The van der Waals surface area contributed by atoms with Gasteiger partial charge in [0.15, 0.2) is 0 Å². The molecule has 62 valence electrons. The van der Waals surface area contributed by atoms with E-state index in [1.54, 1.807) is 6.20 Å². The van der Waals surface area contributed by atoms with Gasteiger partial charge < -0.3 is 10.7 Å². The molecule has 1 rings (SSSR count). The van der Waals surface area contributed by atoms with Crippen molar-refractivity contribution in [2.75, 3.05) is 5.75 Å². The molecule has 0 saturated heterocycles. The Hall–Kier alpha value is -0.480. The van der Waals surface area contributed by atoms with Gasteiger partial charge in [0.1, 0.15) is 5.82 Å². The summed E-state index contributed by atoms with van der Waals surface area (Å²) >= 11 is 1.85. The number of hydrogen-bond donors (Lipinski definition) is 2. The van der Waals surface area contributed by atoms with Crippen LogP contribution in [-0.2, 0) is 12.3 Å². The SMILES string of the molecule is CCSCc1ncc(CN)[nH]1. The molecule has 0 atom stereocenters. The van der Waals surface area contributed by atoms with Crippen LogP contribution < -0.4 is 5.73 Å². The van der Waals surface area contributed by atoms with Crippen LogP contribution in [0.4, 0.5) is 0 Å². The predicted molar refractivity (Wildman–Crippen MR) is 48.3 cm³/mol. The zero-order valence-electron chi connectivity index (χ0n) is 6.63. The molecule has 1 aromatic heterocycles. The highest BCUT2D eigenvalue weighted by Crippen LogP contribution is 2.07. The van der Waals surface area contributed by atoms with E-state index >= 15 is 0 Å². The second-order valence-corrected chi connectivity index (χ2v) is 3.47. The molecule has 3 nitrogen and oxygen atoms in total. The van der Waals surface area contributed by atoms with Gasteiger partial charge in [-0.1, -0.05) is 6.92 Å². The van der Waals surface area contributed by atoms with Crippen LogP contribution in [0.5, 0.6) is 0 Å². The van der Waals surface area contributed by atoms with E-state index in [0.29, 0.717) is 6.54 Å². The molecule has 4 heteroatoms. The van der Waals surface area contributed by atoms with E-state index in [0.717, 1.165) is 23.0 Å². The number of rotatable bonds is 4. The number of nitrogens with zero attached hydrogens (tertiary/aromatic N) is 1. The average Bonchev–Trinajstić information content (AvgIpc) is 2.48. The Morgan fingerprint density at radius 3 is 3.09 bits per heavy atom. The molecule has 0 spiro atoms. The molecule has 0 fully saturated rings. The van der Waals surface area contributed by atoms with E-state index in [-0.39, 0.29) is 0 Å². The third-order valence-electron chi connectivity index (χ3n) is 1.34. The molecule has 11 heavy (non-hydrogen) atoms. The molecule has 0 aliphatic rings. The fourth-order valence-corrected chi connectivity index (χ4v) is 1.33. The second kappa shape index (κ2) is 4.41. The molecular formula is C7H13N3S. The minimum atomic E-state index is 0.545. The van der Waals surface area contributed by atoms with E-state index in [1.807, 2.05) is 11.8 Å². The Balaban J connectivity index is 2.44. The molecular weight excluding hydrogens is 158 g/mol. The van der Waals surface area contributed by atoms with Crippen LogP contribution in [0.15, 0.2) is 6.20 Å². The first-order valence-corrected chi connectivity index (χ1v) is 4.82. The number of aromatic nitrogens is 2. The van der Waals surface area contributed by atoms with Crippen LogP contribution in [0.2, 0.25) is 0 Å². The highest BCUT2D eigenvalue weighted by molar-refractivity contribution is 7.98. The van der Waals surface area contributed by atoms with Gasteiger partial charge in [0.25, 0.3) is 0 Å². The van der Waals surface area contributed by atoms with E-state index in [1.165, 1.54) is 0 Å². The maximum Gasteiger partial charge on any atom is 0.116 e. The van der Waals surface area contributed by atoms with E-state index < -0.39 is 0 Å². The Labute approximate surface area is 70.8 Å². The number of aromatic amines is 1. The van der Waals surface area contributed by atoms with E-state index in [9.17, 15) is 0 Å². The lowest BCUT2D eigenvalue weighted by Gasteiger charge is -1.92. The van der Waals surface area contributed by atoms with Crippen molar-refractivity contribution in [1.29, 1.82) is 0 Å². The third kappa shape index (κ3) is 2.55. The molecule has 0 saturated carbocycles. The maximum atomic E-state index is 5.41. The lowest BCUT2D eigenvalue weighted by molar-refractivity contribution is 0.993. The van der Waals surface area contributed by atoms with Crippen LogP contribution in [0.1, 0.15) is 18.4 Å². The Bertz CT molecular complexity index is 209. The zero-order valence-corrected chi connectivity index (χ0v) is 7.45. The average molecular weight is 171 g/mol. The summed E-state index contributed by atoms with van der Waals surface area (Å²) in [6.07, 6.45) is 1.80. The summed E-state index contributed by atoms with van der Waals surface area (Å²) in [6.45, 7) is 2.68. The molecule has 0 aliphatic carbocycles. The minimum absolute atomic E-state index is 0.545. The summed E-state index contributed by atoms with van der Waals surface area (Å²) in [5.41, 5.74) is 6.42. The first kappa shape index (κ1) is 8.62. The van der Waals surface area contributed by atoms with Crippen LogP contribution >= 0.6 is 11.8 Å². The number of nitrogens with one attached hydrogen (secondary N) is 1. The van der Waals surface area contributed by atoms with Crippen LogP contribution in [0, 0.1) is 0 Å². The maximum absolute atomic E-state index is 5.41. The highest BCUT2D eigenvalue weighted by Gasteiger charge is 1.97. The van der Waals surface area contributed by atoms with Gasteiger partial charge in [-0.15, -0.1) is 0 Å². The molecule has 1 heterocycles. The number of nitrogens with two attached hydrogens (primary N) is 1. The molecule has 0 aromatic carbocycles. The molecule has 1 aromatic rings. The van der Waals surface area contributed by atoms with Gasteiger partial charge >= 0.3 is 0 Å². The van der Waals surface area contributed by atoms with Gasteiger partial charge in [0.05, 0.1) is 5.75 Å².